The second-order valence-electron chi connectivity index (χ2n) is 3.14. The molecule has 15 heavy (non-hydrogen) atoms. The zero-order chi connectivity index (χ0) is 11.0. The van der Waals surface area contributed by atoms with Gasteiger partial charge in [-0.2, -0.15) is 0 Å². The molecule has 5 nitrogen and oxygen atoms in total. The lowest BCUT2D eigenvalue weighted by molar-refractivity contribution is 0.0603. The van der Waals surface area contributed by atoms with Crippen molar-refractivity contribution in [2.24, 2.45) is 0 Å². The van der Waals surface area contributed by atoms with Gasteiger partial charge in [-0.3, -0.25) is 4.98 Å². The van der Waals surface area contributed by atoms with E-state index in [1.807, 2.05) is 0 Å². The summed E-state index contributed by atoms with van der Waals surface area (Å²) in [6, 6.07) is 3.29. The van der Waals surface area contributed by atoms with E-state index in [0.29, 0.717) is 16.7 Å². The maximum atomic E-state index is 11.4. The molecule has 78 valence electrons. The van der Waals surface area contributed by atoms with Crippen LogP contribution in [0.4, 0.5) is 0 Å². The number of fused-ring (bicyclic) bond motifs is 1. The summed E-state index contributed by atoms with van der Waals surface area (Å²) in [4.78, 5) is 24.9. The number of ether oxygens (including phenoxy) is 1. The monoisotopic (exact) mass is 207 g/mol. The van der Waals surface area contributed by atoms with Crippen LogP contribution >= 0.6 is 0 Å². The van der Waals surface area contributed by atoms with E-state index in [1.165, 1.54) is 7.11 Å². The highest BCUT2D eigenvalue weighted by Crippen LogP contribution is 2.19. The molecule has 0 spiro atoms. The number of H-pyrrole nitrogens is 1. The quantitative estimate of drug-likeness (QED) is 0.713. The Balaban J connectivity index is 2.82. The van der Waals surface area contributed by atoms with Crippen LogP contribution in [0.15, 0.2) is 21.3 Å². The zero-order valence-electron chi connectivity index (χ0n) is 8.29. The topological polar surface area (TPSA) is 72.3 Å². The zero-order valence-corrected chi connectivity index (χ0v) is 8.29. The molecule has 0 atom stereocenters. The normalized spacial score (nSPS) is 10.5. The number of oxazole rings is 1. The van der Waals surface area contributed by atoms with Gasteiger partial charge in [0, 0.05) is 0 Å². The van der Waals surface area contributed by atoms with Crippen molar-refractivity contribution in [3.63, 3.8) is 0 Å². The minimum absolute atomic E-state index is 0.295. The summed E-state index contributed by atoms with van der Waals surface area (Å²) in [6.07, 6.45) is 0. The third kappa shape index (κ3) is 1.41. The number of methoxy groups -OCH3 is 1. The summed E-state index contributed by atoms with van der Waals surface area (Å²) < 4.78 is 9.51. The van der Waals surface area contributed by atoms with Crippen LogP contribution in [0.5, 0.6) is 0 Å². The Labute approximate surface area is 84.7 Å². The average molecular weight is 207 g/mol. The number of nitrogens with one attached hydrogen (secondary N) is 1. The van der Waals surface area contributed by atoms with Crippen LogP contribution in [0.1, 0.15) is 15.9 Å². The Morgan fingerprint density at radius 2 is 2.20 bits per heavy atom. The summed E-state index contributed by atoms with van der Waals surface area (Å²) in [6.45, 7) is 1.79. The van der Waals surface area contributed by atoms with Gasteiger partial charge >= 0.3 is 11.7 Å². The number of aryl methyl sites for hydroxylation is 1. The highest BCUT2D eigenvalue weighted by molar-refractivity contribution is 6.01. The molecule has 2 rings (SSSR count). The average Bonchev–Trinajstić information content (AvgIpc) is 2.60. The smallest absolute Gasteiger partial charge is 0.417 e. The van der Waals surface area contributed by atoms with Gasteiger partial charge < -0.3 is 9.15 Å². The fraction of sp³-hybridized carbons (Fsp3) is 0.200. The minimum atomic E-state index is -0.579. The van der Waals surface area contributed by atoms with Gasteiger partial charge in [-0.15, -0.1) is 0 Å². The van der Waals surface area contributed by atoms with Gasteiger partial charge in [-0.05, 0) is 18.6 Å². The molecule has 0 aliphatic heterocycles. The molecule has 0 unspecified atom stereocenters. The number of hydrogen-bond donors (Lipinski definition) is 1. The molecule has 1 N–H and O–H groups in total. The number of aromatic nitrogens is 1. The van der Waals surface area contributed by atoms with Crippen LogP contribution in [0.3, 0.4) is 0 Å². The van der Waals surface area contributed by atoms with Crippen LogP contribution in [-0.4, -0.2) is 18.1 Å². The first-order valence-corrected chi connectivity index (χ1v) is 4.34. The van der Waals surface area contributed by atoms with E-state index in [-0.39, 0.29) is 0 Å². The van der Waals surface area contributed by atoms with Crippen molar-refractivity contribution < 1.29 is 13.9 Å². The molecule has 0 saturated heterocycles. The number of rotatable bonds is 1. The Hall–Kier alpha value is -2.04. The minimum Gasteiger partial charge on any atom is -0.465 e. The van der Waals surface area contributed by atoms with Gasteiger partial charge in [0.15, 0.2) is 5.58 Å². The van der Waals surface area contributed by atoms with Crippen molar-refractivity contribution >= 4 is 17.1 Å². The molecule has 0 fully saturated rings. The molecule has 0 amide bonds. The molecular formula is C10H9NO4. The van der Waals surface area contributed by atoms with Crippen LogP contribution in [-0.2, 0) is 4.74 Å². The summed E-state index contributed by atoms with van der Waals surface area (Å²) in [5.41, 5.74) is 1.86. The number of hydrogen-bond acceptors (Lipinski definition) is 4. The van der Waals surface area contributed by atoms with Crippen LogP contribution in [0.25, 0.3) is 11.1 Å². The van der Waals surface area contributed by atoms with Crippen LogP contribution in [0, 0.1) is 6.92 Å². The van der Waals surface area contributed by atoms with Crippen molar-refractivity contribution in [2.45, 2.75) is 6.92 Å². The molecule has 1 aromatic heterocycles. The van der Waals surface area contributed by atoms with Crippen molar-refractivity contribution in [3.05, 3.63) is 33.8 Å². The molecule has 0 aliphatic carbocycles. The first-order chi connectivity index (χ1) is 7.13. The van der Waals surface area contributed by atoms with E-state index in [1.54, 1.807) is 19.1 Å². The molecular weight excluding hydrogens is 198 g/mol. The van der Waals surface area contributed by atoms with E-state index in [9.17, 15) is 9.59 Å². The Kier molecular flexibility index (Phi) is 2.07. The second-order valence-corrected chi connectivity index (χ2v) is 3.14. The Morgan fingerprint density at radius 3 is 2.87 bits per heavy atom. The van der Waals surface area contributed by atoms with Crippen molar-refractivity contribution in [1.82, 2.24) is 4.98 Å². The maximum absolute atomic E-state index is 11.4. The number of carbonyl (C=O) groups excluding carboxylic acids is 1. The van der Waals surface area contributed by atoms with Gasteiger partial charge in [0.2, 0.25) is 0 Å². The highest BCUT2D eigenvalue weighted by atomic mass is 16.5. The van der Waals surface area contributed by atoms with Crippen LogP contribution in [0.2, 0.25) is 0 Å². The maximum Gasteiger partial charge on any atom is 0.417 e. The van der Waals surface area contributed by atoms with E-state index in [4.69, 9.17) is 4.42 Å². The largest absolute Gasteiger partial charge is 0.465 e. The summed E-state index contributed by atoms with van der Waals surface area (Å²) in [5, 5.41) is 0. The fourth-order valence-electron chi connectivity index (χ4n) is 1.44. The Morgan fingerprint density at radius 1 is 1.47 bits per heavy atom. The van der Waals surface area contributed by atoms with E-state index < -0.39 is 11.7 Å². The molecule has 0 radical (unpaired) electrons. The number of carbonyl (C=O) groups is 1. The lowest BCUT2D eigenvalue weighted by atomic mass is 10.1. The molecule has 1 heterocycles. The predicted molar refractivity (Wildman–Crippen MR) is 52.9 cm³/mol. The van der Waals surface area contributed by atoms with Crippen molar-refractivity contribution in [1.29, 1.82) is 0 Å². The first kappa shape index (κ1) is 9.51. The van der Waals surface area contributed by atoms with Gasteiger partial charge in [-0.1, -0.05) is 6.07 Å². The third-order valence-electron chi connectivity index (χ3n) is 2.18. The van der Waals surface area contributed by atoms with E-state index in [0.717, 1.165) is 5.56 Å². The molecule has 0 saturated carbocycles. The Bertz CT molecular complexity index is 579. The molecule has 0 aliphatic rings. The van der Waals surface area contributed by atoms with Crippen LogP contribution < -0.4 is 5.76 Å². The fourth-order valence-corrected chi connectivity index (χ4v) is 1.44. The number of aromatic amines is 1. The van der Waals surface area contributed by atoms with Gasteiger partial charge in [0.25, 0.3) is 0 Å². The standard InChI is InChI=1S/C10H9NO4/c1-5-3-4-6(9(12)14-2)7-8(5)15-10(13)11-7/h3-4H,1-2H3,(H,11,13). The third-order valence-corrected chi connectivity index (χ3v) is 2.18. The molecule has 5 heteroatoms. The second kappa shape index (κ2) is 3.27. The van der Waals surface area contributed by atoms with Gasteiger partial charge in [0.1, 0.15) is 5.52 Å². The van der Waals surface area contributed by atoms with E-state index in [2.05, 4.69) is 9.72 Å². The first-order valence-electron chi connectivity index (χ1n) is 4.34. The number of esters is 1. The van der Waals surface area contributed by atoms with Crippen molar-refractivity contribution in [3.8, 4) is 0 Å². The number of benzene rings is 1. The molecule has 1 aromatic carbocycles. The lowest BCUT2D eigenvalue weighted by Gasteiger charge is -2.00. The van der Waals surface area contributed by atoms with Crippen molar-refractivity contribution in [2.75, 3.05) is 7.11 Å². The van der Waals surface area contributed by atoms with Gasteiger partial charge in [-0.25, -0.2) is 9.59 Å². The summed E-state index contributed by atoms with van der Waals surface area (Å²) in [5.74, 6) is -1.08. The lowest BCUT2D eigenvalue weighted by Crippen LogP contribution is -2.03. The SMILES string of the molecule is COC(=O)c1ccc(C)c2oc(=O)[nH]c12. The van der Waals surface area contributed by atoms with Gasteiger partial charge in [0.05, 0.1) is 12.7 Å². The molecule has 0 bridgehead atoms. The predicted octanol–water partition coefficient (Wildman–Crippen LogP) is 1.22. The highest BCUT2D eigenvalue weighted by Gasteiger charge is 2.15. The summed E-state index contributed by atoms with van der Waals surface area (Å²) in [7, 11) is 1.28. The summed E-state index contributed by atoms with van der Waals surface area (Å²) >= 11 is 0. The molecule has 2 aromatic rings. The van der Waals surface area contributed by atoms with E-state index >= 15 is 0 Å².